The van der Waals surface area contributed by atoms with E-state index in [1.165, 1.54) is 6.42 Å². The molecule has 2 rings (SSSR count). The van der Waals surface area contributed by atoms with Gasteiger partial charge in [-0.05, 0) is 43.4 Å². The molecule has 128 valence electrons. The number of nitrogens with one attached hydrogen (secondary N) is 1. The van der Waals surface area contributed by atoms with Crippen molar-refractivity contribution < 1.29 is 4.79 Å². The van der Waals surface area contributed by atoms with Crippen molar-refractivity contribution in [2.45, 2.75) is 39.2 Å². The van der Waals surface area contributed by atoms with E-state index in [9.17, 15) is 4.79 Å². The molecule has 1 amide bonds. The first-order valence-corrected chi connectivity index (χ1v) is 8.12. The maximum absolute atomic E-state index is 12.4. The van der Waals surface area contributed by atoms with Crippen LogP contribution >= 0.6 is 24.0 Å². The number of nitrogens with zero attached hydrogens (tertiary/aromatic N) is 2. The number of carbonyl (C=O) groups is 1. The number of amides is 1. The first-order valence-electron chi connectivity index (χ1n) is 8.12. The summed E-state index contributed by atoms with van der Waals surface area (Å²) in [7, 11) is 0. The minimum atomic E-state index is 0. The lowest BCUT2D eigenvalue weighted by Gasteiger charge is -2.26. The van der Waals surface area contributed by atoms with Crippen LogP contribution in [-0.2, 0) is 6.54 Å². The Bertz CT molecular complexity index is 510. The van der Waals surface area contributed by atoms with Crippen molar-refractivity contribution >= 4 is 35.8 Å². The number of piperidine rings is 1. The molecule has 0 radical (unpaired) electrons. The normalized spacial score (nSPS) is 15.0. The fourth-order valence-electron chi connectivity index (χ4n) is 2.52. The topological polar surface area (TPSA) is 70.7 Å². The molecular formula is C17H27IN4O. The second-order valence-electron chi connectivity index (χ2n) is 5.68. The smallest absolute Gasteiger partial charge is 0.253 e. The zero-order valence-electron chi connectivity index (χ0n) is 13.8. The largest absolute Gasteiger partial charge is 0.370 e. The van der Waals surface area contributed by atoms with E-state index in [0.29, 0.717) is 12.5 Å². The minimum Gasteiger partial charge on any atom is -0.370 e. The van der Waals surface area contributed by atoms with Gasteiger partial charge in [-0.1, -0.05) is 19.1 Å². The Morgan fingerprint density at radius 2 is 1.87 bits per heavy atom. The van der Waals surface area contributed by atoms with Crippen LogP contribution in [0.5, 0.6) is 0 Å². The Balaban J connectivity index is 0.00000264. The van der Waals surface area contributed by atoms with Crippen molar-refractivity contribution in [3.05, 3.63) is 35.4 Å². The van der Waals surface area contributed by atoms with E-state index in [0.717, 1.165) is 50.0 Å². The molecule has 1 heterocycles. The molecule has 1 fully saturated rings. The summed E-state index contributed by atoms with van der Waals surface area (Å²) >= 11 is 0. The van der Waals surface area contributed by atoms with E-state index in [4.69, 9.17) is 5.73 Å². The van der Waals surface area contributed by atoms with Crippen molar-refractivity contribution in [3.8, 4) is 0 Å². The molecule has 0 aliphatic carbocycles. The summed E-state index contributed by atoms with van der Waals surface area (Å²) in [4.78, 5) is 18.6. The highest BCUT2D eigenvalue weighted by atomic mass is 127. The average molecular weight is 430 g/mol. The molecule has 0 spiro atoms. The van der Waals surface area contributed by atoms with Crippen molar-refractivity contribution in [1.29, 1.82) is 0 Å². The van der Waals surface area contributed by atoms with Crippen LogP contribution < -0.4 is 11.1 Å². The highest BCUT2D eigenvalue weighted by Crippen LogP contribution is 2.14. The third kappa shape index (κ3) is 6.37. The lowest BCUT2D eigenvalue weighted by atomic mass is 10.1. The molecule has 0 aromatic heterocycles. The fourth-order valence-corrected chi connectivity index (χ4v) is 2.52. The van der Waals surface area contributed by atoms with E-state index in [2.05, 4.69) is 17.2 Å². The maximum atomic E-state index is 12.4. The highest BCUT2D eigenvalue weighted by molar-refractivity contribution is 14.0. The van der Waals surface area contributed by atoms with E-state index in [1.54, 1.807) is 0 Å². The number of guanidine groups is 1. The van der Waals surface area contributed by atoms with Gasteiger partial charge in [0.25, 0.3) is 5.91 Å². The minimum absolute atomic E-state index is 0. The lowest BCUT2D eigenvalue weighted by Crippen LogP contribution is -2.35. The number of nitrogens with two attached hydrogens (primary N) is 1. The summed E-state index contributed by atoms with van der Waals surface area (Å²) in [5, 5.41) is 3.04. The zero-order valence-corrected chi connectivity index (χ0v) is 16.1. The van der Waals surface area contributed by atoms with Gasteiger partial charge in [0.2, 0.25) is 0 Å². The van der Waals surface area contributed by atoms with Crippen LogP contribution in [0.25, 0.3) is 0 Å². The molecule has 1 aliphatic heterocycles. The van der Waals surface area contributed by atoms with Crippen LogP contribution in [0.3, 0.4) is 0 Å². The van der Waals surface area contributed by atoms with E-state index >= 15 is 0 Å². The summed E-state index contributed by atoms with van der Waals surface area (Å²) in [5.74, 6) is 0.606. The Morgan fingerprint density at radius 3 is 2.48 bits per heavy atom. The molecule has 5 nitrogen and oxygen atoms in total. The quantitative estimate of drug-likeness (QED) is 0.429. The van der Waals surface area contributed by atoms with Gasteiger partial charge in [-0.3, -0.25) is 4.79 Å². The molecule has 6 heteroatoms. The Hall–Kier alpha value is -1.31. The predicted molar refractivity (Wildman–Crippen MR) is 105 cm³/mol. The number of halogens is 1. The van der Waals surface area contributed by atoms with E-state index in [1.807, 2.05) is 29.2 Å². The van der Waals surface area contributed by atoms with Gasteiger partial charge in [-0.25, -0.2) is 4.99 Å². The second-order valence-corrected chi connectivity index (χ2v) is 5.68. The van der Waals surface area contributed by atoms with E-state index < -0.39 is 0 Å². The summed E-state index contributed by atoms with van der Waals surface area (Å²) < 4.78 is 0. The Morgan fingerprint density at radius 1 is 1.22 bits per heavy atom. The molecule has 1 saturated heterocycles. The molecular weight excluding hydrogens is 403 g/mol. The molecule has 23 heavy (non-hydrogen) atoms. The summed E-state index contributed by atoms with van der Waals surface area (Å²) in [6.45, 7) is 5.20. The number of carbonyl (C=O) groups excluding carboxylic acids is 1. The molecule has 1 aromatic rings. The molecule has 3 N–H and O–H groups in total. The van der Waals surface area contributed by atoms with Crippen LogP contribution in [0.4, 0.5) is 0 Å². The molecule has 0 bridgehead atoms. The molecule has 0 atom stereocenters. The maximum Gasteiger partial charge on any atom is 0.253 e. The summed E-state index contributed by atoms with van der Waals surface area (Å²) in [6.07, 6.45) is 4.48. The van der Waals surface area contributed by atoms with Gasteiger partial charge in [0, 0.05) is 25.2 Å². The lowest BCUT2D eigenvalue weighted by molar-refractivity contribution is 0.0724. The SMILES string of the molecule is CCCNC(N)=NCc1ccc(C(=O)N2CCCCC2)cc1.I. The summed E-state index contributed by atoms with van der Waals surface area (Å²) in [5.41, 5.74) is 7.57. The number of hydrogen-bond acceptors (Lipinski definition) is 2. The number of rotatable bonds is 5. The molecule has 0 saturated carbocycles. The zero-order chi connectivity index (χ0) is 15.8. The Kier molecular flexibility index (Phi) is 8.98. The van der Waals surface area contributed by atoms with Crippen molar-refractivity contribution in [3.63, 3.8) is 0 Å². The number of aliphatic imine (C=N–C) groups is 1. The Labute approximate surface area is 155 Å². The third-order valence-electron chi connectivity index (χ3n) is 3.83. The number of likely N-dealkylation sites (tertiary alicyclic amines) is 1. The van der Waals surface area contributed by atoms with Crippen LogP contribution in [0.15, 0.2) is 29.3 Å². The number of hydrogen-bond donors (Lipinski definition) is 2. The van der Waals surface area contributed by atoms with Gasteiger partial charge in [0.1, 0.15) is 0 Å². The number of benzene rings is 1. The van der Waals surface area contributed by atoms with Crippen molar-refractivity contribution in [1.82, 2.24) is 10.2 Å². The van der Waals surface area contributed by atoms with Gasteiger partial charge in [0.05, 0.1) is 6.54 Å². The second kappa shape index (κ2) is 10.5. The van der Waals surface area contributed by atoms with Crippen LogP contribution in [0.2, 0.25) is 0 Å². The first-order chi connectivity index (χ1) is 10.7. The summed E-state index contributed by atoms with van der Waals surface area (Å²) in [6, 6.07) is 7.68. The predicted octanol–water partition coefficient (Wildman–Crippen LogP) is 2.75. The highest BCUT2D eigenvalue weighted by Gasteiger charge is 2.17. The van der Waals surface area contributed by atoms with E-state index in [-0.39, 0.29) is 29.9 Å². The van der Waals surface area contributed by atoms with Crippen LogP contribution in [-0.4, -0.2) is 36.4 Å². The van der Waals surface area contributed by atoms with Crippen LogP contribution in [0.1, 0.15) is 48.5 Å². The monoisotopic (exact) mass is 430 g/mol. The van der Waals surface area contributed by atoms with Gasteiger partial charge >= 0.3 is 0 Å². The van der Waals surface area contributed by atoms with Gasteiger partial charge in [0.15, 0.2) is 5.96 Å². The van der Waals surface area contributed by atoms with Gasteiger partial charge in [-0.15, -0.1) is 24.0 Å². The van der Waals surface area contributed by atoms with Crippen molar-refractivity contribution in [2.75, 3.05) is 19.6 Å². The molecule has 0 unspecified atom stereocenters. The first kappa shape index (κ1) is 19.7. The van der Waals surface area contributed by atoms with Crippen molar-refractivity contribution in [2.24, 2.45) is 10.7 Å². The fraction of sp³-hybridized carbons (Fsp3) is 0.529. The molecule has 1 aliphatic rings. The van der Waals surface area contributed by atoms with Crippen LogP contribution in [0, 0.1) is 0 Å². The van der Waals surface area contributed by atoms with Gasteiger partial charge < -0.3 is 16.0 Å². The standard InChI is InChI=1S/C17H26N4O.HI/c1-2-10-19-17(18)20-13-14-6-8-15(9-7-14)16(22)21-11-4-3-5-12-21;/h6-9H,2-5,10-13H2,1H3,(H3,18,19,20);1H. The molecule has 1 aromatic carbocycles. The van der Waals surface area contributed by atoms with Gasteiger partial charge in [-0.2, -0.15) is 0 Å². The average Bonchev–Trinajstić information content (AvgIpc) is 2.58. The third-order valence-corrected chi connectivity index (χ3v) is 3.83.